The zero-order valence-electron chi connectivity index (χ0n) is 17.2. The fraction of sp³-hybridized carbons (Fsp3) is 0.304. The number of carbonyl (C=O) groups excluding carboxylic acids is 1. The summed E-state index contributed by atoms with van der Waals surface area (Å²) < 4.78 is 5.94. The van der Waals surface area contributed by atoms with Gasteiger partial charge in [0, 0.05) is 36.7 Å². The number of carbonyl (C=O) groups is 1. The van der Waals surface area contributed by atoms with Crippen molar-refractivity contribution in [2.45, 2.75) is 33.4 Å². The third kappa shape index (κ3) is 5.16. The number of para-hydroxylation sites is 1. The van der Waals surface area contributed by atoms with Gasteiger partial charge in [0.2, 0.25) is 0 Å². The van der Waals surface area contributed by atoms with Crippen LogP contribution in [-0.4, -0.2) is 25.5 Å². The smallest absolute Gasteiger partial charge is 0.251 e. The number of furan rings is 1. The van der Waals surface area contributed by atoms with Crippen LogP contribution in [0.5, 0.6) is 0 Å². The first kappa shape index (κ1) is 20.5. The molecule has 0 spiro atoms. The number of hydrogen-bond donors (Lipinski definition) is 3. The number of amides is 1. The van der Waals surface area contributed by atoms with Crippen LogP contribution in [0.3, 0.4) is 0 Å². The van der Waals surface area contributed by atoms with Crippen LogP contribution in [0.15, 0.2) is 57.9 Å². The second-order valence-electron chi connectivity index (χ2n) is 6.88. The molecule has 3 aromatic rings. The van der Waals surface area contributed by atoms with E-state index in [1.165, 1.54) is 0 Å². The number of hydrogen-bond acceptors (Lipinski definition) is 3. The van der Waals surface area contributed by atoms with Gasteiger partial charge in [0.05, 0.1) is 6.54 Å². The first-order valence-corrected chi connectivity index (χ1v) is 9.91. The van der Waals surface area contributed by atoms with Crippen LogP contribution in [0.4, 0.5) is 0 Å². The highest BCUT2D eigenvalue weighted by molar-refractivity contribution is 5.94. The van der Waals surface area contributed by atoms with Crippen molar-refractivity contribution in [1.82, 2.24) is 16.0 Å². The van der Waals surface area contributed by atoms with E-state index >= 15 is 0 Å². The normalized spacial score (nSPS) is 11.5. The minimum absolute atomic E-state index is 0.0448. The van der Waals surface area contributed by atoms with Crippen LogP contribution in [0.2, 0.25) is 0 Å². The summed E-state index contributed by atoms with van der Waals surface area (Å²) in [6.07, 6.45) is 0.916. The van der Waals surface area contributed by atoms with Gasteiger partial charge in [0.1, 0.15) is 11.3 Å². The lowest BCUT2D eigenvalue weighted by molar-refractivity contribution is 0.0953. The standard InChI is InChI=1S/C23H28N4O2/c1-4-12-25-22(28)18-9-7-8-17(13-18)14-26-23(24-3)27-15-21-16(2)19-10-5-6-11-20(19)29-21/h5-11,13H,4,12,14-15H2,1-3H3,(H,25,28)(H2,24,26,27). The van der Waals surface area contributed by atoms with E-state index in [9.17, 15) is 4.79 Å². The van der Waals surface area contributed by atoms with Gasteiger partial charge in [-0.05, 0) is 37.1 Å². The van der Waals surface area contributed by atoms with Crippen LogP contribution >= 0.6 is 0 Å². The lowest BCUT2D eigenvalue weighted by Crippen LogP contribution is -2.36. The van der Waals surface area contributed by atoms with E-state index in [1.807, 2.05) is 49.4 Å². The summed E-state index contributed by atoms with van der Waals surface area (Å²) in [6.45, 7) is 5.88. The van der Waals surface area contributed by atoms with Crippen LogP contribution in [0.25, 0.3) is 11.0 Å². The highest BCUT2D eigenvalue weighted by Gasteiger charge is 2.10. The van der Waals surface area contributed by atoms with Crippen molar-refractivity contribution in [1.29, 1.82) is 0 Å². The largest absolute Gasteiger partial charge is 0.459 e. The topological polar surface area (TPSA) is 78.7 Å². The van der Waals surface area contributed by atoms with Gasteiger partial charge < -0.3 is 20.4 Å². The van der Waals surface area contributed by atoms with Crippen molar-refractivity contribution in [3.63, 3.8) is 0 Å². The predicted octanol–water partition coefficient (Wildman–Crippen LogP) is 3.75. The van der Waals surface area contributed by atoms with Gasteiger partial charge in [-0.3, -0.25) is 9.79 Å². The van der Waals surface area contributed by atoms with E-state index < -0.39 is 0 Å². The van der Waals surface area contributed by atoms with Gasteiger partial charge in [-0.1, -0.05) is 37.3 Å². The maximum absolute atomic E-state index is 12.1. The molecule has 29 heavy (non-hydrogen) atoms. The minimum Gasteiger partial charge on any atom is -0.459 e. The number of guanidine groups is 1. The van der Waals surface area contributed by atoms with Crippen LogP contribution in [0.1, 0.15) is 40.6 Å². The molecule has 6 nitrogen and oxygen atoms in total. The van der Waals surface area contributed by atoms with Gasteiger partial charge in [0.25, 0.3) is 5.91 Å². The van der Waals surface area contributed by atoms with E-state index in [1.54, 1.807) is 7.05 Å². The van der Waals surface area contributed by atoms with Crippen LogP contribution in [-0.2, 0) is 13.1 Å². The maximum atomic E-state index is 12.1. The zero-order chi connectivity index (χ0) is 20.6. The summed E-state index contributed by atoms with van der Waals surface area (Å²) in [5, 5.41) is 10.6. The molecule has 1 amide bonds. The van der Waals surface area contributed by atoms with Crippen molar-refractivity contribution in [2.24, 2.45) is 4.99 Å². The number of fused-ring (bicyclic) bond motifs is 1. The summed E-state index contributed by atoms with van der Waals surface area (Å²) in [7, 11) is 1.73. The Bertz CT molecular complexity index is 1010. The SMILES string of the molecule is CCCNC(=O)c1cccc(CNC(=NC)NCc2oc3ccccc3c2C)c1. The van der Waals surface area contributed by atoms with Gasteiger partial charge >= 0.3 is 0 Å². The Hall–Kier alpha value is -3.28. The Labute approximate surface area is 171 Å². The van der Waals surface area contributed by atoms with Crippen molar-refractivity contribution in [3.05, 3.63) is 71.0 Å². The van der Waals surface area contributed by atoms with Crippen molar-refractivity contribution >= 4 is 22.8 Å². The molecule has 0 aliphatic rings. The third-order valence-electron chi connectivity index (χ3n) is 4.77. The Balaban J connectivity index is 1.58. The highest BCUT2D eigenvalue weighted by Crippen LogP contribution is 2.24. The fourth-order valence-corrected chi connectivity index (χ4v) is 3.13. The fourth-order valence-electron chi connectivity index (χ4n) is 3.13. The molecule has 152 valence electrons. The lowest BCUT2D eigenvalue weighted by Gasteiger charge is -2.12. The summed E-state index contributed by atoms with van der Waals surface area (Å²) in [5.41, 5.74) is 3.70. The molecule has 0 saturated heterocycles. The quantitative estimate of drug-likeness (QED) is 0.423. The van der Waals surface area contributed by atoms with E-state index in [2.05, 4.69) is 33.9 Å². The number of benzene rings is 2. The summed E-state index contributed by atoms with van der Waals surface area (Å²) in [5.74, 6) is 1.52. The van der Waals surface area contributed by atoms with Gasteiger partial charge in [-0.25, -0.2) is 0 Å². The molecular formula is C23H28N4O2. The first-order chi connectivity index (χ1) is 14.1. The molecule has 0 fully saturated rings. The summed E-state index contributed by atoms with van der Waals surface area (Å²) in [6, 6.07) is 15.6. The zero-order valence-corrected chi connectivity index (χ0v) is 17.2. The number of aryl methyl sites for hydroxylation is 1. The molecule has 1 heterocycles. The molecule has 1 aromatic heterocycles. The summed E-state index contributed by atoms with van der Waals surface area (Å²) >= 11 is 0. The maximum Gasteiger partial charge on any atom is 0.251 e. The van der Waals surface area contributed by atoms with Crippen LogP contribution in [0, 0.1) is 6.92 Å². The second-order valence-corrected chi connectivity index (χ2v) is 6.88. The van der Waals surface area contributed by atoms with Crippen LogP contribution < -0.4 is 16.0 Å². The first-order valence-electron chi connectivity index (χ1n) is 9.91. The Kier molecular flexibility index (Phi) is 6.89. The van der Waals surface area contributed by atoms with Crippen molar-refractivity contribution < 1.29 is 9.21 Å². The summed E-state index contributed by atoms with van der Waals surface area (Å²) in [4.78, 5) is 16.4. The number of rotatable bonds is 7. The molecular weight excluding hydrogens is 364 g/mol. The van der Waals surface area contributed by atoms with Crippen molar-refractivity contribution in [2.75, 3.05) is 13.6 Å². The van der Waals surface area contributed by atoms with Crippen molar-refractivity contribution in [3.8, 4) is 0 Å². The monoisotopic (exact) mass is 392 g/mol. The molecule has 0 bridgehead atoms. The number of aliphatic imine (C=N–C) groups is 1. The Morgan fingerprint density at radius 2 is 1.83 bits per heavy atom. The third-order valence-corrected chi connectivity index (χ3v) is 4.77. The van der Waals surface area contributed by atoms with Gasteiger partial charge in [-0.2, -0.15) is 0 Å². The number of nitrogens with one attached hydrogen (secondary N) is 3. The molecule has 6 heteroatoms. The Morgan fingerprint density at radius 1 is 1.03 bits per heavy atom. The minimum atomic E-state index is -0.0448. The van der Waals surface area contributed by atoms with E-state index in [0.29, 0.717) is 31.2 Å². The van der Waals surface area contributed by atoms with Gasteiger partial charge in [0.15, 0.2) is 5.96 Å². The predicted molar refractivity (Wildman–Crippen MR) is 117 cm³/mol. The molecule has 3 N–H and O–H groups in total. The van der Waals surface area contributed by atoms with E-state index in [0.717, 1.165) is 34.3 Å². The highest BCUT2D eigenvalue weighted by atomic mass is 16.3. The molecule has 0 saturated carbocycles. The lowest BCUT2D eigenvalue weighted by atomic mass is 10.1. The second kappa shape index (κ2) is 9.78. The molecule has 0 atom stereocenters. The van der Waals surface area contributed by atoms with E-state index in [-0.39, 0.29) is 5.91 Å². The average molecular weight is 393 g/mol. The molecule has 2 aromatic carbocycles. The Morgan fingerprint density at radius 3 is 2.59 bits per heavy atom. The van der Waals surface area contributed by atoms with Gasteiger partial charge in [-0.15, -0.1) is 0 Å². The molecule has 0 radical (unpaired) electrons. The average Bonchev–Trinajstić information content (AvgIpc) is 3.08. The van der Waals surface area contributed by atoms with E-state index in [4.69, 9.17) is 4.42 Å². The number of nitrogens with zero attached hydrogens (tertiary/aromatic N) is 1. The molecule has 0 aliphatic heterocycles. The molecule has 0 aliphatic carbocycles. The molecule has 3 rings (SSSR count). The molecule has 0 unspecified atom stereocenters.